The third-order valence-corrected chi connectivity index (χ3v) is 3.00. The second-order valence-electron chi connectivity index (χ2n) is 5.44. The Bertz CT molecular complexity index is 625. The molecule has 23 heavy (non-hydrogen) atoms. The zero-order valence-corrected chi connectivity index (χ0v) is 11.9. The molecular weight excluding hydrogens is 330 g/mol. The standard InChI is InChI=1S/C14H12F6O3/c1-12(2,21)9-6-8(23-14(18,19)20)5-7-3-4-10(13(15,16)17)22-11(7)9/h3-6,10,21H,1-2H3. The van der Waals surface area contributed by atoms with Crippen molar-refractivity contribution in [3.05, 3.63) is 29.3 Å². The second-order valence-corrected chi connectivity index (χ2v) is 5.44. The van der Waals surface area contributed by atoms with Gasteiger partial charge in [-0.2, -0.15) is 13.2 Å². The van der Waals surface area contributed by atoms with Crippen LogP contribution in [0.2, 0.25) is 0 Å². The van der Waals surface area contributed by atoms with Gasteiger partial charge in [-0.1, -0.05) is 6.08 Å². The van der Waals surface area contributed by atoms with Crippen LogP contribution >= 0.6 is 0 Å². The molecule has 9 heteroatoms. The highest BCUT2D eigenvalue weighted by atomic mass is 19.4. The molecule has 0 aliphatic carbocycles. The fraction of sp³-hybridized carbons (Fsp3) is 0.429. The average molecular weight is 342 g/mol. The van der Waals surface area contributed by atoms with Crippen molar-refractivity contribution >= 4 is 6.08 Å². The number of ether oxygens (including phenoxy) is 2. The molecule has 0 amide bonds. The Morgan fingerprint density at radius 3 is 2.17 bits per heavy atom. The normalized spacial score (nSPS) is 18.4. The van der Waals surface area contributed by atoms with Crippen LogP contribution in [0.1, 0.15) is 25.0 Å². The van der Waals surface area contributed by atoms with E-state index in [0.717, 1.165) is 18.2 Å². The van der Waals surface area contributed by atoms with Gasteiger partial charge in [0, 0.05) is 11.1 Å². The first kappa shape index (κ1) is 17.5. The fourth-order valence-corrected chi connectivity index (χ4v) is 2.06. The molecule has 1 heterocycles. The van der Waals surface area contributed by atoms with Crippen LogP contribution < -0.4 is 9.47 Å². The van der Waals surface area contributed by atoms with Gasteiger partial charge in [-0.15, -0.1) is 13.2 Å². The summed E-state index contributed by atoms with van der Waals surface area (Å²) < 4.78 is 83.9. The highest BCUT2D eigenvalue weighted by Crippen LogP contribution is 2.42. The molecule has 0 saturated heterocycles. The van der Waals surface area contributed by atoms with Crippen molar-refractivity contribution in [2.24, 2.45) is 0 Å². The first-order chi connectivity index (χ1) is 10.3. The lowest BCUT2D eigenvalue weighted by Crippen LogP contribution is -2.35. The van der Waals surface area contributed by atoms with Crippen LogP contribution in [0.4, 0.5) is 26.3 Å². The summed E-state index contributed by atoms with van der Waals surface area (Å²) in [5.41, 5.74) is -2.03. The molecule has 1 atom stereocenters. The average Bonchev–Trinajstić information content (AvgIpc) is 2.32. The van der Waals surface area contributed by atoms with E-state index in [1.54, 1.807) is 0 Å². The molecule has 0 saturated carbocycles. The molecule has 0 aromatic heterocycles. The van der Waals surface area contributed by atoms with E-state index in [1.807, 2.05) is 0 Å². The van der Waals surface area contributed by atoms with Gasteiger partial charge in [0.2, 0.25) is 6.10 Å². The van der Waals surface area contributed by atoms with E-state index in [-0.39, 0.29) is 16.9 Å². The summed E-state index contributed by atoms with van der Waals surface area (Å²) in [6.07, 6.45) is -10.3. The van der Waals surface area contributed by atoms with E-state index in [2.05, 4.69) is 4.74 Å². The molecule has 0 fully saturated rings. The van der Waals surface area contributed by atoms with Gasteiger partial charge in [-0.25, -0.2) is 0 Å². The van der Waals surface area contributed by atoms with Gasteiger partial charge >= 0.3 is 12.5 Å². The quantitative estimate of drug-likeness (QED) is 0.821. The molecular formula is C14H12F6O3. The molecule has 0 bridgehead atoms. The molecule has 2 rings (SSSR count). The van der Waals surface area contributed by atoms with Gasteiger partial charge in [0.25, 0.3) is 0 Å². The monoisotopic (exact) mass is 342 g/mol. The van der Waals surface area contributed by atoms with Crippen molar-refractivity contribution in [3.63, 3.8) is 0 Å². The third-order valence-electron chi connectivity index (χ3n) is 3.00. The maximum Gasteiger partial charge on any atom is 0.573 e. The van der Waals surface area contributed by atoms with Crippen LogP contribution in [-0.4, -0.2) is 23.7 Å². The van der Waals surface area contributed by atoms with Gasteiger partial charge in [0.15, 0.2) is 0 Å². The third kappa shape index (κ3) is 4.10. The SMILES string of the molecule is CC(C)(O)c1cc(OC(F)(F)F)cc2c1OC(C(F)(F)F)C=C2. The molecule has 0 radical (unpaired) electrons. The number of fused-ring (bicyclic) bond motifs is 1. The Morgan fingerprint density at radius 2 is 1.70 bits per heavy atom. The van der Waals surface area contributed by atoms with Crippen molar-refractivity contribution < 1.29 is 40.9 Å². The predicted octanol–water partition coefficient (Wildman–Crippen LogP) is 4.15. The van der Waals surface area contributed by atoms with Crippen LogP contribution in [-0.2, 0) is 5.60 Å². The van der Waals surface area contributed by atoms with E-state index in [0.29, 0.717) is 6.08 Å². The van der Waals surface area contributed by atoms with Crippen LogP contribution in [0.5, 0.6) is 11.5 Å². The van der Waals surface area contributed by atoms with E-state index < -0.39 is 30.0 Å². The lowest BCUT2D eigenvalue weighted by atomic mass is 9.93. The second kappa shape index (κ2) is 5.33. The van der Waals surface area contributed by atoms with Gasteiger partial charge in [-0.05, 0) is 32.1 Å². The number of hydrogen-bond donors (Lipinski definition) is 1. The topological polar surface area (TPSA) is 38.7 Å². The lowest BCUT2D eigenvalue weighted by molar-refractivity contribution is -0.274. The van der Waals surface area contributed by atoms with Gasteiger partial charge in [-0.3, -0.25) is 0 Å². The Hall–Kier alpha value is -1.90. The zero-order chi connectivity index (χ0) is 17.6. The highest BCUT2D eigenvalue weighted by molar-refractivity contribution is 5.66. The molecule has 1 N–H and O–H groups in total. The van der Waals surface area contributed by atoms with Crippen molar-refractivity contribution in [2.75, 3.05) is 0 Å². The minimum Gasteiger partial charge on any atom is -0.476 e. The molecule has 1 unspecified atom stereocenters. The summed E-state index contributed by atoms with van der Waals surface area (Å²) in [4.78, 5) is 0. The Morgan fingerprint density at radius 1 is 1.09 bits per heavy atom. The molecule has 0 spiro atoms. The van der Waals surface area contributed by atoms with Crippen molar-refractivity contribution in [1.29, 1.82) is 0 Å². The van der Waals surface area contributed by atoms with Crippen molar-refractivity contribution in [2.45, 2.75) is 38.1 Å². The molecule has 1 aromatic rings. The number of alkyl halides is 6. The van der Waals surface area contributed by atoms with E-state index in [1.165, 1.54) is 13.8 Å². The number of benzene rings is 1. The number of rotatable bonds is 2. The minimum absolute atomic E-state index is 0.0515. The number of aliphatic hydroxyl groups is 1. The maximum atomic E-state index is 12.8. The van der Waals surface area contributed by atoms with Crippen LogP contribution in [0, 0.1) is 0 Å². The summed E-state index contributed by atoms with van der Waals surface area (Å²) in [5.74, 6) is -0.996. The van der Waals surface area contributed by atoms with Crippen molar-refractivity contribution in [3.8, 4) is 11.5 Å². The maximum absolute atomic E-state index is 12.8. The summed E-state index contributed by atoms with van der Waals surface area (Å²) in [5, 5.41) is 10.0. The highest BCUT2D eigenvalue weighted by Gasteiger charge is 2.43. The lowest BCUT2D eigenvalue weighted by Gasteiger charge is -2.29. The molecule has 1 aliphatic heterocycles. The van der Waals surface area contributed by atoms with Gasteiger partial charge in [0.05, 0.1) is 5.60 Å². The zero-order valence-electron chi connectivity index (χ0n) is 11.9. The van der Waals surface area contributed by atoms with E-state index >= 15 is 0 Å². The van der Waals surface area contributed by atoms with Crippen LogP contribution in [0.15, 0.2) is 18.2 Å². The number of hydrogen-bond acceptors (Lipinski definition) is 3. The summed E-state index contributed by atoms with van der Waals surface area (Å²) in [7, 11) is 0. The van der Waals surface area contributed by atoms with E-state index in [4.69, 9.17) is 4.74 Å². The van der Waals surface area contributed by atoms with E-state index in [9.17, 15) is 31.4 Å². The Kier molecular flexibility index (Phi) is 4.04. The molecule has 1 aliphatic rings. The first-order valence-corrected chi connectivity index (χ1v) is 6.35. The predicted molar refractivity (Wildman–Crippen MR) is 67.9 cm³/mol. The van der Waals surface area contributed by atoms with Gasteiger partial charge in [0.1, 0.15) is 11.5 Å². The van der Waals surface area contributed by atoms with Crippen LogP contribution in [0.3, 0.4) is 0 Å². The largest absolute Gasteiger partial charge is 0.573 e. The summed E-state index contributed by atoms with van der Waals surface area (Å²) in [6, 6.07) is 1.69. The van der Waals surface area contributed by atoms with Gasteiger partial charge < -0.3 is 14.6 Å². The molecule has 1 aromatic carbocycles. The summed E-state index contributed by atoms with van der Waals surface area (Å²) in [6.45, 7) is 2.43. The fourth-order valence-electron chi connectivity index (χ4n) is 2.06. The number of halogens is 6. The Labute approximate surface area is 127 Å². The first-order valence-electron chi connectivity index (χ1n) is 6.35. The minimum atomic E-state index is -4.97. The molecule has 128 valence electrons. The Balaban J connectivity index is 2.53. The van der Waals surface area contributed by atoms with Crippen molar-refractivity contribution in [1.82, 2.24) is 0 Å². The summed E-state index contributed by atoms with van der Waals surface area (Å²) >= 11 is 0. The smallest absolute Gasteiger partial charge is 0.476 e. The molecule has 3 nitrogen and oxygen atoms in total. The van der Waals surface area contributed by atoms with Crippen LogP contribution in [0.25, 0.3) is 6.08 Å².